The summed E-state index contributed by atoms with van der Waals surface area (Å²) in [5.41, 5.74) is 0.865. The largest absolute Gasteiger partial charge is 0.315 e. The number of thiophene rings is 1. The van der Waals surface area contributed by atoms with Crippen LogP contribution in [0.15, 0.2) is 40.9 Å². The number of hydrogen-bond donors (Lipinski definition) is 1. The van der Waals surface area contributed by atoms with Crippen LogP contribution in [0, 0.1) is 0 Å². The SMILES string of the molecule is CNCc1sccc1S(=O)(=O)N(C)Cc1cccnc1. The Bertz CT molecular complexity index is 653. The Labute approximate surface area is 123 Å². The maximum Gasteiger partial charge on any atom is 0.244 e. The third kappa shape index (κ3) is 3.24. The molecule has 20 heavy (non-hydrogen) atoms. The van der Waals surface area contributed by atoms with Crippen LogP contribution in [-0.4, -0.2) is 31.8 Å². The summed E-state index contributed by atoms with van der Waals surface area (Å²) in [4.78, 5) is 5.20. The Balaban J connectivity index is 2.23. The van der Waals surface area contributed by atoms with Crippen molar-refractivity contribution < 1.29 is 8.42 Å². The molecule has 0 amide bonds. The average molecular weight is 311 g/mol. The zero-order valence-corrected chi connectivity index (χ0v) is 13.0. The van der Waals surface area contributed by atoms with Crippen LogP contribution in [0.1, 0.15) is 10.4 Å². The number of nitrogens with one attached hydrogen (secondary N) is 1. The van der Waals surface area contributed by atoms with Gasteiger partial charge in [0.25, 0.3) is 0 Å². The number of aromatic nitrogens is 1. The van der Waals surface area contributed by atoms with E-state index in [1.165, 1.54) is 15.6 Å². The predicted octanol–water partition coefficient (Wildman–Crippen LogP) is 1.68. The molecule has 108 valence electrons. The maximum atomic E-state index is 12.6. The fraction of sp³-hybridized carbons (Fsp3) is 0.308. The molecule has 0 aromatic carbocycles. The molecule has 0 aliphatic rings. The second kappa shape index (κ2) is 6.45. The van der Waals surface area contributed by atoms with Gasteiger partial charge in [-0.25, -0.2) is 8.42 Å². The lowest BCUT2D eigenvalue weighted by Gasteiger charge is -2.17. The van der Waals surface area contributed by atoms with Crippen molar-refractivity contribution in [3.05, 3.63) is 46.4 Å². The monoisotopic (exact) mass is 311 g/mol. The van der Waals surface area contributed by atoms with Gasteiger partial charge >= 0.3 is 0 Å². The van der Waals surface area contributed by atoms with E-state index in [2.05, 4.69) is 10.3 Å². The Morgan fingerprint density at radius 1 is 1.40 bits per heavy atom. The summed E-state index contributed by atoms with van der Waals surface area (Å²) >= 11 is 1.44. The topological polar surface area (TPSA) is 62.3 Å². The summed E-state index contributed by atoms with van der Waals surface area (Å²) in [6, 6.07) is 5.32. The lowest BCUT2D eigenvalue weighted by atomic mass is 10.3. The van der Waals surface area contributed by atoms with Crippen LogP contribution in [0.5, 0.6) is 0 Å². The number of rotatable bonds is 6. The van der Waals surface area contributed by atoms with E-state index < -0.39 is 10.0 Å². The molecule has 0 aliphatic heterocycles. The van der Waals surface area contributed by atoms with Crippen molar-refractivity contribution >= 4 is 21.4 Å². The van der Waals surface area contributed by atoms with Crippen LogP contribution in [0.4, 0.5) is 0 Å². The number of hydrogen-bond acceptors (Lipinski definition) is 5. The Morgan fingerprint density at radius 2 is 2.20 bits per heavy atom. The molecule has 1 N–H and O–H groups in total. The van der Waals surface area contributed by atoms with Gasteiger partial charge in [-0.3, -0.25) is 4.98 Å². The summed E-state index contributed by atoms with van der Waals surface area (Å²) < 4.78 is 26.5. The van der Waals surface area contributed by atoms with Crippen molar-refractivity contribution in [2.45, 2.75) is 18.0 Å². The first-order valence-electron chi connectivity index (χ1n) is 6.12. The van der Waals surface area contributed by atoms with Crippen LogP contribution in [0.25, 0.3) is 0 Å². The Morgan fingerprint density at radius 3 is 2.85 bits per heavy atom. The third-order valence-corrected chi connectivity index (χ3v) is 5.80. The Kier molecular flexibility index (Phi) is 4.87. The summed E-state index contributed by atoms with van der Waals surface area (Å²) in [6.45, 7) is 0.859. The van der Waals surface area contributed by atoms with Gasteiger partial charge in [0.1, 0.15) is 0 Å². The van der Waals surface area contributed by atoms with Gasteiger partial charge in [-0.2, -0.15) is 4.31 Å². The molecular weight excluding hydrogens is 294 g/mol. The smallest absolute Gasteiger partial charge is 0.244 e. The van der Waals surface area contributed by atoms with Gasteiger partial charge < -0.3 is 5.32 Å². The van der Waals surface area contributed by atoms with E-state index in [1.807, 2.05) is 6.07 Å². The minimum Gasteiger partial charge on any atom is -0.315 e. The number of nitrogens with zero attached hydrogens (tertiary/aromatic N) is 2. The summed E-state index contributed by atoms with van der Waals surface area (Å²) in [6.07, 6.45) is 3.34. The molecule has 0 aliphatic carbocycles. The summed E-state index contributed by atoms with van der Waals surface area (Å²) in [5.74, 6) is 0. The predicted molar refractivity (Wildman–Crippen MR) is 80.0 cm³/mol. The summed E-state index contributed by atoms with van der Waals surface area (Å²) in [7, 11) is -0.0832. The molecule has 2 aromatic heterocycles. The molecule has 0 saturated carbocycles. The van der Waals surface area contributed by atoms with Gasteiger partial charge in [0.15, 0.2) is 0 Å². The van der Waals surface area contributed by atoms with Gasteiger partial charge in [-0.1, -0.05) is 6.07 Å². The average Bonchev–Trinajstić information content (AvgIpc) is 2.89. The molecule has 5 nitrogen and oxygen atoms in total. The second-order valence-electron chi connectivity index (χ2n) is 4.36. The molecule has 0 atom stereocenters. The molecule has 0 radical (unpaired) electrons. The van der Waals surface area contributed by atoms with E-state index in [9.17, 15) is 8.42 Å². The van der Waals surface area contributed by atoms with Crippen molar-refractivity contribution in [2.24, 2.45) is 0 Å². The van der Waals surface area contributed by atoms with E-state index >= 15 is 0 Å². The molecule has 0 spiro atoms. The van der Waals surface area contributed by atoms with Crippen molar-refractivity contribution in [3.63, 3.8) is 0 Å². The van der Waals surface area contributed by atoms with E-state index in [4.69, 9.17) is 0 Å². The first-order valence-corrected chi connectivity index (χ1v) is 8.44. The van der Waals surface area contributed by atoms with Crippen molar-refractivity contribution in [2.75, 3.05) is 14.1 Å². The molecule has 7 heteroatoms. The fourth-order valence-electron chi connectivity index (χ4n) is 1.85. The zero-order valence-electron chi connectivity index (χ0n) is 11.4. The van der Waals surface area contributed by atoms with Crippen molar-refractivity contribution in [3.8, 4) is 0 Å². The fourth-order valence-corrected chi connectivity index (χ4v) is 4.43. The molecule has 0 bridgehead atoms. The molecule has 0 saturated heterocycles. The molecule has 2 heterocycles. The van der Waals surface area contributed by atoms with Gasteiger partial charge in [0.05, 0.1) is 4.90 Å². The molecule has 0 unspecified atom stereocenters. The van der Waals surface area contributed by atoms with Crippen LogP contribution in [0.3, 0.4) is 0 Å². The lowest BCUT2D eigenvalue weighted by molar-refractivity contribution is 0.465. The molecule has 2 rings (SSSR count). The highest BCUT2D eigenvalue weighted by atomic mass is 32.2. The molecule has 2 aromatic rings. The van der Waals surface area contributed by atoms with Crippen LogP contribution in [-0.2, 0) is 23.1 Å². The van der Waals surface area contributed by atoms with Gasteiger partial charge in [-0.15, -0.1) is 11.3 Å². The maximum absolute atomic E-state index is 12.6. The number of sulfonamides is 1. The minimum atomic E-state index is -3.47. The van der Waals surface area contributed by atoms with E-state index in [-0.39, 0.29) is 0 Å². The van der Waals surface area contributed by atoms with E-state index in [0.29, 0.717) is 18.0 Å². The van der Waals surface area contributed by atoms with E-state index in [0.717, 1.165) is 10.4 Å². The Hall–Kier alpha value is -1.28. The highest BCUT2D eigenvalue weighted by molar-refractivity contribution is 7.89. The first kappa shape index (κ1) is 15.1. The minimum absolute atomic E-state index is 0.311. The second-order valence-corrected chi connectivity index (χ2v) is 7.37. The van der Waals surface area contributed by atoms with Crippen LogP contribution >= 0.6 is 11.3 Å². The third-order valence-electron chi connectivity index (χ3n) is 2.86. The highest BCUT2D eigenvalue weighted by Gasteiger charge is 2.24. The van der Waals surface area contributed by atoms with Crippen molar-refractivity contribution in [1.82, 2.24) is 14.6 Å². The van der Waals surface area contributed by atoms with Gasteiger partial charge in [0.2, 0.25) is 10.0 Å². The van der Waals surface area contributed by atoms with Crippen LogP contribution in [0.2, 0.25) is 0 Å². The normalized spacial score (nSPS) is 11.9. The standard InChI is InChI=1S/C13H17N3O2S2/c1-14-9-12-13(5-7-19-12)20(17,18)16(2)10-11-4-3-6-15-8-11/h3-8,14H,9-10H2,1-2H3. The first-order chi connectivity index (χ1) is 9.55. The van der Waals surface area contributed by atoms with Gasteiger partial charge in [0, 0.05) is 37.4 Å². The number of pyridine rings is 1. The summed E-state index contributed by atoms with van der Waals surface area (Å²) in [5, 5.41) is 4.79. The molecular formula is C13H17N3O2S2. The van der Waals surface area contributed by atoms with Crippen molar-refractivity contribution in [1.29, 1.82) is 0 Å². The molecule has 0 fully saturated rings. The van der Waals surface area contributed by atoms with Gasteiger partial charge in [-0.05, 0) is 30.1 Å². The highest BCUT2D eigenvalue weighted by Crippen LogP contribution is 2.25. The van der Waals surface area contributed by atoms with E-state index in [1.54, 1.807) is 44.0 Å². The van der Waals surface area contributed by atoms with Crippen LogP contribution < -0.4 is 5.32 Å². The quantitative estimate of drug-likeness (QED) is 0.882. The zero-order chi connectivity index (χ0) is 14.6. The lowest BCUT2D eigenvalue weighted by Crippen LogP contribution is -2.27.